The standard InChI is InChI=1S/C17H22N2O3/c1-12(13-8-9-13)19(11-5-10-18)17(20)14-6-4-7-15(21-2)16(14)22-3/h4,6-7,12-13H,5,8-9,11H2,1-3H3. The number of hydrogen-bond acceptors (Lipinski definition) is 4. The van der Waals surface area contributed by atoms with Crippen molar-refractivity contribution in [1.82, 2.24) is 4.90 Å². The van der Waals surface area contributed by atoms with E-state index in [4.69, 9.17) is 14.7 Å². The molecule has 5 nitrogen and oxygen atoms in total. The molecule has 0 aromatic heterocycles. The third kappa shape index (κ3) is 3.33. The first-order chi connectivity index (χ1) is 10.6. The van der Waals surface area contributed by atoms with Gasteiger partial charge in [-0.15, -0.1) is 0 Å². The first-order valence-electron chi connectivity index (χ1n) is 7.53. The fourth-order valence-corrected chi connectivity index (χ4v) is 2.70. The van der Waals surface area contributed by atoms with Crippen molar-refractivity contribution in [2.45, 2.75) is 32.2 Å². The van der Waals surface area contributed by atoms with E-state index in [0.29, 0.717) is 35.9 Å². The molecular formula is C17H22N2O3. The zero-order valence-electron chi connectivity index (χ0n) is 13.3. The van der Waals surface area contributed by atoms with Crippen LogP contribution in [0.5, 0.6) is 11.5 Å². The van der Waals surface area contributed by atoms with E-state index in [-0.39, 0.29) is 11.9 Å². The lowest BCUT2D eigenvalue weighted by Gasteiger charge is -2.29. The fraction of sp³-hybridized carbons (Fsp3) is 0.529. The molecule has 0 N–H and O–H groups in total. The summed E-state index contributed by atoms with van der Waals surface area (Å²) in [7, 11) is 3.07. The Bertz CT molecular complexity index is 576. The third-order valence-electron chi connectivity index (χ3n) is 4.15. The highest BCUT2D eigenvalue weighted by molar-refractivity contribution is 5.98. The molecule has 118 valence electrons. The Labute approximate surface area is 131 Å². The number of benzene rings is 1. The molecule has 1 amide bonds. The second-order valence-electron chi connectivity index (χ2n) is 5.53. The average Bonchev–Trinajstić information content (AvgIpc) is 3.38. The van der Waals surface area contributed by atoms with Crippen LogP contribution in [0.3, 0.4) is 0 Å². The Morgan fingerprint density at radius 3 is 2.68 bits per heavy atom. The van der Waals surface area contributed by atoms with Crippen molar-refractivity contribution in [3.63, 3.8) is 0 Å². The lowest BCUT2D eigenvalue weighted by molar-refractivity contribution is 0.0672. The fourth-order valence-electron chi connectivity index (χ4n) is 2.70. The highest BCUT2D eigenvalue weighted by Crippen LogP contribution is 2.37. The Morgan fingerprint density at radius 1 is 1.41 bits per heavy atom. The maximum Gasteiger partial charge on any atom is 0.258 e. The summed E-state index contributed by atoms with van der Waals surface area (Å²) in [6.45, 7) is 2.49. The molecule has 0 heterocycles. The van der Waals surface area contributed by atoms with Gasteiger partial charge in [-0.3, -0.25) is 4.79 Å². The summed E-state index contributed by atoms with van der Waals surface area (Å²) in [5.41, 5.74) is 0.479. The van der Waals surface area contributed by atoms with Crippen molar-refractivity contribution in [3.8, 4) is 17.6 Å². The van der Waals surface area contributed by atoms with Crippen LogP contribution in [-0.2, 0) is 0 Å². The number of para-hydroxylation sites is 1. The van der Waals surface area contributed by atoms with E-state index in [0.717, 1.165) is 12.8 Å². The number of ether oxygens (including phenoxy) is 2. The van der Waals surface area contributed by atoms with Gasteiger partial charge in [0, 0.05) is 12.6 Å². The van der Waals surface area contributed by atoms with Crippen LogP contribution in [-0.4, -0.2) is 37.6 Å². The van der Waals surface area contributed by atoms with Crippen molar-refractivity contribution in [1.29, 1.82) is 5.26 Å². The number of nitriles is 1. The second kappa shape index (κ2) is 7.17. The minimum atomic E-state index is -0.106. The topological polar surface area (TPSA) is 62.6 Å². The minimum Gasteiger partial charge on any atom is -0.493 e. The molecule has 2 rings (SSSR count). The third-order valence-corrected chi connectivity index (χ3v) is 4.15. The van der Waals surface area contributed by atoms with E-state index in [1.54, 1.807) is 30.2 Å². The molecule has 0 spiro atoms. The molecule has 0 bridgehead atoms. The van der Waals surface area contributed by atoms with Crippen molar-refractivity contribution in [3.05, 3.63) is 23.8 Å². The van der Waals surface area contributed by atoms with Gasteiger partial charge in [-0.2, -0.15) is 5.26 Å². The molecule has 1 fully saturated rings. The Morgan fingerprint density at radius 2 is 2.14 bits per heavy atom. The smallest absolute Gasteiger partial charge is 0.258 e. The summed E-state index contributed by atoms with van der Waals surface area (Å²) in [4.78, 5) is 14.7. The van der Waals surface area contributed by atoms with Gasteiger partial charge in [-0.25, -0.2) is 0 Å². The van der Waals surface area contributed by atoms with Crippen LogP contribution in [0.4, 0.5) is 0 Å². The number of hydrogen-bond donors (Lipinski definition) is 0. The Hall–Kier alpha value is -2.22. The molecule has 1 unspecified atom stereocenters. The van der Waals surface area contributed by atoms with Gasteiger partial charge in [0.15, 0.2) is 11.5 Å². The lowest BCUT2D eigenvalue weighted by Crippen LogP contribution is -2.40. The van der Waals surface area contributed by atoms with Crippen molar-refractivity contribution < 1.29 is 14.3 Å². The van der Waals surface area contributed by atoms with E-state index in [2.05, 4.69) is 13.0 Å². The predicted octanol–water partition coefficient (Wildman–Crippen LogP) is 2.86. The van der Waals surface area contributed by atoms with E-state index in [9.17, 15) is 4.79 Å². The van der Waals surface area contributed by atoms with Crippen LogP contribution in [0.15, 0.2) is 18.2 Å². The molecule has 1 aromatic rings. The first kappa shape index (κ1) is 16.2. The second-order valence-corrected chi connectivity index (χ2v) is 5.53. The molecule has 0 aliphatic heterocycles. The highest BCUT2D eigenvalue weighted by atomic mass is 16.5. The number of amides is 1. The molecule has 1 saturated carbocycles. The quantitative estimate of drug-likeness (QED) is 0.777. The summed E-state index contributed by atoms with van der Waals surface area (Å²) in [5.74, 6) is 1.41. The maximum atomic E-state index is 13.0. The summed E-state index contributed by atoms with van der Waals surface area (Å²) in [5, 5.41) is 8.85. The van der Waals surface area contributed by atoms with Crippen molar-refractivity contribution in [2.75, 3.05) is 20.8 Å². The van der Waals surface area contributed by atoms with Gasteiger partial charge >= 0.3 is 0 Å². The number of carbonyl (C=O) groups excluding carboxylic acids is 1. The van der Waals surface area contributed by atoms with Crippen molar-refractivity contribution >= 4 is 5.91 Å². The molecule has 22 heavy (non-hydrogen) atoms. The monoisotopic (exact) mass is 302 g/mol. The van der Waals surface area contributed by atoms with Gasteiger partial charge in [0.05, 0.1) is 32.3 Å². The van der Waals surface area contributed by atoms with Gasteiger partial charge in [0.25, 0.3) is 5.91 Å². The molecule has 5 heteroatoms. The van der Waals surface area contributed by atoms with Gasteiger partial charge in [0.2, 0.25) is 0 Å². The van der Waals surface area contributed by atoms with Crippen LogP contribution in [0.2, 0.25) is 0 Å². The lowest BCUT2D eigenvalue weighted by atomic mass is 10.1. The van der Waals surface area contributed by atoms with Crippen LogP contribution in [0.25, 0.3) is 0 Å². The van der Waals surface area contributed by atoms with Crippen LogP contribution in [0.1, 0.15) is 36.5 Å². The van der Waals surface area contributed by atoms with Crippen molar-refractivity contribution in [2.24, 2.45) is 5.92 Å². The van der Waals surface area contributed by atoms with Crippen LogP contribution >= 0.6 is 0 Å². The largest absolute Gasteiger partial charge is 0.493 e. The van der Waals surface area contributed by atoms with E-state index < -0.39 is 0 Å². The summed E-state index contributed by atoms with van der Waals surface area (Å²) < 4.78 is 10.6. The van der Waals surface area contributed by atoms with E-state index in [1.807, 2.05) is 0 Å². The Balaban J connectivity index is 2.31. The molecule has 1 aliphatic rings. The number of carbonyl (C=O) groups is 1. The molecule has 1 aliphatic carbocycles. The molecule has 0 saturated heterocycles. The van der Waals surface area contributed by atoms with Crippen LogP contribution < -0.4 is 9.47 Å². The zero-order valence-corrected chi connectivity index (χ0v) is 13.3. The maximum absolute atomic E-state index is 13.0. The van der Waals surface area contributed by atoms with E-state index in [1.165, 1.54) is 7.11 Å². The molecule has 1 atom stereocenters. The highest BCUT2D eigenvalue weighted by Gasteiger charge is 2.35. The first-order valence-corrected chi connectivity index (χ1v) is 7.53. The number of rotatable bonds is 7. The normalized spacial score (nSPS) is 14.8. The van der Waals surface area contributed by atoms with E-state index >= 15 is 0 Å². The number of methoxy groups -OCH3 is 2. The zero-order chi connectivity index (χ0) is 16.1. The van der Waals surface area contributed by atoms with Crippen LogP contribution in [0, 0.1) is 17.2 Å². The molecule has 0 radical (unpaired) electrons. The van der Waals surface area contributed by atoms with Gasteiger partial charge in [-0.1, -0.05) is 6.07 Å². The summed E-state index contributed by atoms with van der Waals surface area (Å²) in [6, 6.07) is 7.53. The SMILES string of the molecule is COc1cccc(C(=O)N(CCC#N)C(C)C2CC2)c1OC. The number of nitrogens with zero attached hydrogens (tertiary/aromatic N) is 2. The minimum absolute atomic E-state index is 0.106. The molecule has 1 aromatic carbocycles. The van der Waals surface area contributed by atoms with Gasteiger partial charge < -0.3 is 14.4 Å². The predicted molar refractivity (Wildman–Crippen MR) is 83.0 cm³/mol. The summed E-state index contributed by atoms with van der Waals surface area (Å²) in [6.07, 6.45) is 2.62. The Kier molecular flexibility index (Phi) is 5.26. The average molecular weight is 302 g/mol. The van der Waals surface area contributed by atoms with Gasteiger partial charge in [0.1, 0.15) is 0 Å². The van der Waals surface area contributed by atoms with Gasteiger partial charge in [-0.05, 0) is 37.8 Å². The summed E-state index contributed by atoms with van der Waals surface area (Å²) >= 11 is 0. The molecular weight excluding hydrogens is 280 g/mol.